The van der Waals surface area contributed by atoms with Crippen molar-refractivity contribution in [3.8, 4) is 0 Å². The van der Waals surface area contributed by atoms with Gasteiger partial charge in [-0.05, 0) is 0 Å². The van der Waals surface area contributed by atoms with Crippen molar-refractivity contribution in [1.29, 1.82) is 0 Å². The van der Waals surface area contributed by atoms with Crippen LogP contribution in [-0.2, 0) is 9.59 Å². The second-order valence-corrected chi connectivity index (χ2v) is 1.69. The van der Waals surface area contributed by atoms with Crippen LogP contribution in [0.1, 0.15) is 13.3 Å². The van der Waals surface area contributed by atoms with Gasteiger partial charge in [-0.15, -0.1) is 11.6 Å². The standard InChI is InChI=1S/C3H7NO.C2H4ClNO.CH4O.Na.H2O/c1-2-3(4)5;3-1-2(4)5;1-2;;/h2H2,1H3,(H2,4,5);1H2,(H2,4,5);2H,1H3;;1H2/q;;;+1;/p-1. The number of alkyl halides is 1. The Morgan fingerprint density at radius 2 is 1.36 bits per heavy atom. The van der Waals surface area contributed by atoms with Gasteiger partial charge in [0.05, 0.1) is 0 Å². The van der Waals surface area contributed by atoms with Crippen LogP contribution in [-0.4, -0.2) is 35.4 Å². The molecule has 82 valence electrons. The second kappa shape index (κ2) is 29.2. The van der Waals surface area contributed by atoms with E-state index in [1.165, 1.54) is 0 Å². The predicted molar refractivity (Wildman–Crippen MR) is 49.5 cm³/mol. The van der Waals surface area contributed by atoms with Crippen molar-refractivity contribution in [3.63, 3.8) is 0 Å². The Kier molecular flexibility index (Phi) is 61.0. The zero-order valence-electron chi connectivity index (χ0n) is 8.66. The molecule has 0 saturated carbocycles. The summed E-state index contributed by atoms with van der Waals surface area (Å²) in [6.07, 6.45) is 0.444. The fourth-order valence-corrected chi connectivity index (χ4v) is 0. The van der Waals surface area contributed by atoms with E-state index in [4.69, 9.17) is 16.7 Å². The van der Waals surface area contributed by atoms with Crippen LogP contribution in [0.15, 0.2) is 0 Å². The Hall–Kier alpha value is 0.150. The molecule has 0 aromatic heterocycles. The molecule has 0 atom stereocenters. The van der Waals surface area contributed by atoms with E-state index in [1.807, 2.05) is 0 Å². The minimum Gasteiger partial charge on any atom is -0.870 e. The van der Waals surface area contributed by atoms with Gasteiger partial charge in [0.25, 0.3) is 0 Å². The average Bonchev–Trinajstić information content (AvgIpc) is 2.09. The smallest absolute Gasteiger partial charge is 0.870 e. The van der Waals surface area contributed by atoms with Gasteiger partial charge in [0.15, 0.2) is 0 Å². The maximum absolute atomic E-state index is 9.59. The van der Waals surface area contributed by atoms with Crippen molar-refractivity contribution in [1.82, 2.24) is 0 Å². The first-order chi connectivity index (χ1) is 5.54. The van der Waals surface area contributed by atoms with Crippen molar-refractivity contribution in [3.05, 3.63) is 0 Å². The number of hydrogen-bond acceptors (Lipinski definition) is 4. The van der Waals surface area contributed by atoms with Crippen LogP contribution in [0.5, 0.6) is 0 Å². The largest absolute Gasteiger partial charge is 1.00 e. The molecule has 0 saturated heterocycles. The number of aliphatic hydroxyl groups excluding tert-OH is 1. The maximum Gasteiger partial charge on any atom is 1.00 e. The minimum atomic E-state index is -0.480. The van der Waals surface area contributed by atoms with Gasteiger partial charge >= 0.3 is 29.6 Å². The first kappa shape index (κ1) is 29.2. The zero-order valence-corrected chi connectivity index (χ0v) is 11.4. The fourth-order valence-electron chi connectivity index (χ4n) is 0. The molecule has 0 radical (unpaired) electrons. The summed E-state index contributed by atoms with van der Waals surface area (Å²) in [6, 6.07) is 0. The number of nitrogens with two attached hydrogens (primary N) is 2. The zero-order chi connectivity index (χ0) is 10.6. The molecule has 0 spiro atoms. The summed E-state index contributed by atoms with van der Waals surface area (Å²) in [5, 5.41) is 7.00. The Balaban J connectivity index is -0.0000000292. The van der Waals surface area contributed by atoms with Gasteiger partial charge in [-0.1, -0.05) is 6.92 Å². The molecule has 6 N–H and O–H groups in total. The molecule has 0 rings (SSSR count). The molecule has 0 aromatic rings. The number of primary amides is 2. The minimum absolute atomic E-state index is 0. The van der Waals surface area contributed by atoms with Crippen molar-refractivity contribution in [2.24, 2.45) is 11.5 Å². The molecule has 0 aliphatic heterocycles. The molecular formula is C6H16ClN2NaO4. The average molecular weight is 239 g/mol. The van der Waals surface area contributed by atoms with Gasteiger partial charge in [-0.25, -0.2) is 0 Å². The third-order valence-electron chi connectivity index (χ3n) is 0.480. The molecule has 14 heavy (non-hydrogen) atoms. The second-order valence-electron chi connectivity index (χ2n) is 1.42. The monoisotopic (exact) mass is 238 g/mol. The number of amides is 2. The molecule has 0 fully saturated rings. The summed E-state index contributed by atoms with van der Waals surface area (Å²) < 4.78 is 0. The molecular weight excluding hydrogens is 223 g/mol. The van der Waals surface area contributed by atoms with Crippen LogP contribution in [0.3, 0.4) is 0 Å². The summed E-state index contributed by atoms with van der Waals surface area (Å²) in [6.45, 7) is 1.72. The Labute approximate surface area is 111 Å². The molecule has 2 amide bonds. The van der Waals surface area contributed by atoms with Crippen molar-refractivity contribution < 1.29 is 49.7 Å². The number of hydrogen-bond donors (Lipinski definition) is 3. The Morgan fingerprint density at radius 3 is 1.36 bits per heavy atom. The van der Waals surface area contributed by atoms with Crippen LogP contribution in [0, 0.1) is 0 Å². The summed E-state index contributed by atoms with van der Waals surface area (Å²) in [5.74, 6) is -0.809. The van der Waals surface area contributed by atoms with E-state index in [9.17, 15) is 9.59 Å². The van der Waals surface area contributed by atoms with Crippen LogP contribution in [0.4, 0.5) is 0 Å². The van der Waals surface area contributed by atoms with Crippen LogP contribution < -0.4 is 41.0 Å². The molecule has 0 unspecified atom stereocenters. The van der Waals surface area contributed by atoms with E-state index < -0.39 is 5.91 Å². The quantitative estimate of drug-likeness (QED) is 0.334. The van der Waals surface area contributed by atoms with Crippen molar-refractivity contribution >= 4 is 23.4 Å². The van der Waals surface area contributed by atoms with Gasteiger partial charge in [-0.3, -0.25) is 9.59 Å². The van der Waals surface area contributed by atoms with E-state index in [1.54, 1.807) is 6.92 Å². The molecule has 0 bridgehead atoms. The van der Waals surface area contributed by atoms with E-state index >= 15 is 0 Å². The Morgan fingerprint density at radius 1 is 1.21 bits per heavy atom. The third kappa shape index (κ3) is 87.7. The summed E-state index contributed by atoms with van der Waals surface area (Å²) in [7, 11) is 1.00. The summed E-state index contributed by atoms with van der Waals surface area (Å²) >= 11 is 4.86. The van der Waals surface area contributed by atoms with Gasteiger partial charge in [-0.2, -0.15) is 0 Å². The first-order valence-corrected chi connectivity index (χ1v) is 3.65. The molecule has 0 heterocycles. The molecule has 0 aliphatic carbocycles. The van der Waals surface area contributed by atoms with E-state index in [0.717, 1.165) is 7.11 Å². The van der Waals surface area contributed by atoms with Gasteiger partial charge in [0, 0.05) is 13.5 Å². The van der Waals surface area contributed by atoms with E-state index in [0.29, 0.717) is 6.42 Å². The normalized spacial score (nSPS) is 5.71. The number of carbonyl (C=O) groups is 2. The van der Waals surface area contributed by atoms with Gasteiger partial charge in [0.1, 0.15) is 5.88 Å². The predicted octanol–water partition coefficient (Wildman–Crippen LogP) is -3.97. The maximum atomic E-state index is 9.59. The Bertz CT molecular complexity index is 112. The van der Waals surface area contributed by atoms with Gasteiger partial charge in [0.2, 0.25) is 11.8 Å². The number of carbonyl (C=O) groups excluding carboxylic acids is 2. The molecule has 0 aliphatic rings. The van der Waals surface area contributed by atoms with Crippen LogP contribution in [0.2, 0.25) is 0 Å². The fraction of sp³-hybridized carbons (Fsp3) is 0.667. The molecule has 0 aromatic carbocycles. The van der Waals surface area contributed by atoms with Crippen molar-refractivity contribution in [2.45, 2.75) is 13.3 Å². The summed E-state index contributed by atoms with van der Waals surface area (Å²) in [5.41, 5.74) is 9.17. The number of halogens is 1. The molecule has 6 nitrogen and oxygen atoms in total. The van der Waals surface area contributed by atoms with Gasteiger partial charge < -0.3 is 22.1 Å². The third-order valence-corrected chi connectivity index (χ3v) is 0.744. The van der Waals surface area contributed by atoms with Crippen LogP contribution in [0.25, 0.3) is 0 Å². The SMILES string of the molecule is CCC(N)=O.CO.NC(=O)CCl.[Na+].[OH-]. The topological polar surface area (TPSA) is 136 Å². The van der Waals surface area contributed by atoms with E-state index in [2.05, 4.69) is 11.5 Å². The number of aliphatic hydroxyl groups is 1. The first-order valence-electron chi connectivity index (χ1n) is 3.11. The molecule has 8 heteroatoms. The summed E-state index contributed by atoms with van der Waals surface area (Å²) in [4.78, 5) is 19.0. The number of rotatable bonds is 2. The van der Waals surface area contributed by atoms with Crippen molar-refractivity contribution in [2.75, 3.05) is 13.0 Å². The van der Waals surface area contributed by atoms with Crippen LogP contribution >= 0.6 is 11.6 Å². The van der Waals surface area contributed by atoms with E-state index in [-0.39, 0.29) is 46.8 Å².